The van der Waals surface area contributed by atoms with E-state index in [1.165, 1.54) is 24.0 Å². The maximum Gasteiger partial charge on any atom is 0.220 e. The fraction of sp³-hybridized carbons (Fsp3) is 0.611. The molecule has 1 aromatic rings. The van der Waals surface area contributed by atoms with E-state index in [1.54, 1.807) is 0 Å². The number of nitrogens with one attached hydrogen (secondary N) is 2. The summed E-state index contributed by atoms with van der Waals surface area (Å²) in [5.74, 6) is 0.209. The predicted octanol–water partition coefficient (Wildman–Crippen LogP) is 3.00. The molecule has 2 saturated heterocycles. The molecule has 2 aliphatic heterocycles. The Morgan fingerprint density at radius 1 is 1.14 bits per heavy atom. The summed E-state index contributed by atoms with van der Waals surface area (Å²) >= 11 is 0. The van der Waals surface area contributed by atoms with Crippen molar-refractivity contribution in [2.45, 2.75) is 70.0 Å². The molecule has 1 aromatic carbocycles. The fourth-order valence-corrected chi connectivity index (χ4v) is 3.67. The molecule has 0 aromatic heterocycles. The van der Waals surface area contributed by atoms with E-state index in [4.69, 9.17) is 0 Å². The molecule has 2 unspecified atom stereocenters. The lowest BCUT2D eigenvalue weighted by atomic mass is 9.99. The van der Waals surface area contributed by atoms with Gasteiger partial charge in [0.15, 0.2) is 0 Å². The van der Waals surface area contributed by atoms with E-state index in [0.29, 0.717) is 24.5 Å². The Bertz CT molecular complexity index is 476. The van der Waals surface area contributed by atoms with Crippen LogP contribution in [0.4, 0.5) is 0 Å². The number of hydrogen-bond donors (Lipinski definition) is 2. The van der Waals surface area contributed by atoms with Crippen LogP contribution in [0, 0.1) is 0 Å². The highest BCUT2D eigenvalue weighted by atomic mass is 35.5. The first-order chi connectivity index (χ1) is 10.2. The van der Waals surface area contributed by atoms with Crippen molar-refractivity contribution in [1.29, 1.82) is 0 Å². The van der Waals surface area contributed by atoms with Crippen LogP contribution in [0.5, 0.6) is 0 Å². The SMILES string of the molecule is CCc1ccc(CCC(=O)NC2CC3CCC(C2)N3)cc1.Cl. The number of amides is 1. The van der Waals surface area contributed by atoms with Gasteiger partial charge in [-0.15, -0.1) is 12.4 Å². The van der Waals surface area contributed by atoms with Crippen LogP contribution >= 0.6 is 12.4 Å². The topological polar surface area (TPSA) is 41.1 Å². The number of aryl methyl sites for hydroxylation is 2. The van der Waals surface area contributed by atoms with E-state index in [0.717, 1.165) is 25.7 Å². The zero-order valence-corrected chi connectivity index (χ0v) is 14.1. The van der Waals surface area contributed by atoms with Crippen LogP contribution in [-0.4, -0.2) is 24.0 Å². The number of piperidine rings is 1. The van der Waals surface area contributed by atoms with Crippen molar-refractivity contribution in [3.05, 3.63) is 35.4 Å². The molecule has 3 nitrogen and oxygen atoms in total. The third-order valence-electron chi connectivity index (χ3n) is 4.91. The van der Waals surface area contributed by atoms with Gasteiger partial charge in [0.1, 0.15) is 0 Å². The summed E-state index contributed by atoms with van der Waals surface area (Å²) in [7, 11) is 0. The van der Waals surface area contributed by atoms with E-state index in [-0.39, 0.29) is 18.3 Å². The molecule has 2 bridgehead atoms. The van der Waals surface area contributed by atoms with Gasteiger partial charge >= 0.3 is 0 Å². The van der Waals surface area contributed by atoms with Crippen LogP contribution in [0.1, 0.15) is 50.2 Å². The van der Waals surface area contributed by atoms with Gasteiger partial charge in [0, 0.05) is 24.5 Å². The Kier molecular flexibility index (Phi) is 6.27. The Balaban J connectivity index is 0.00000176. The molecule has 122 valence electrons. The molecule has 4 heteroatoms. The Morgan fingerprint density at radius 2 is 1.73 bits per heavy atom. The Hall–Kier alpha value is -1.06. The fourth-order valence-electron chi connectivity index (χ4n) is 3.67. The molecule has 2 atom stereocenters. The van der Waals surface area contributed by atoms with Gasteiger partial charge in [0.2, 0.25) is 5.91 Å². The normalized spacial score (nSPS) is 26.3. The smallest absolute Gasteiger partial charge is 0.220 e. The minimum atomic E-state index is 0. The molecular formula is C18H27ClN2O. The van der Waals surface area contributed by atoms with Crippen molar-refractivity contribution in [2.75, 3.05) is 0 Å². The van der Waals surface area contributed by atoms with Crippen molar-refractivity contribution < 1.29 is 4.79 Å². The van der Waals surface area contributed by atoms with Gasteiger partial charge in [0.25, 0.3) is 0 Å². The quantitative estimate of drug-likeness (QED) is 0.875. The number of halogens is 1. The zero-order valence-electron chi connectivity index (χ0n) is 13.3. The third-order valence-corrected chi connectivity index (χ3v) is 4.91. The standard InChI is InChI=1S/C18H26N2O.ClH/c1-2-13-3-5-14(6-4-13)7-10-18(21)20-17-11-15-8-9-16(12-17)19-15;/h3-6,15-17,19H,2,7-12H2,1H3,(H,20,21);1H. The zero-order chi connectivity index (χ0) is 14.7. The van der Waals surface area contributed by atoms with E-state index in [2.05, 4.69) is 41.8 Å². The van der Waals surface area contributed by atoms with Crippen LogP contribution in [-0.2, 0) is 17.6 Å². The monoisotopic (exact) mass is 322 g/mol. The minimum absolute atomic E-state index is 0. The lowest BCUT2D eigenvalue weighted by Crippen LogP contribution is -2.48. The van der Waals surface area contributed by atoms with Gasteiger partial charge in [-0.05, 0) is 49.7 Å². The number of benzene rings is 1. The van der Waals surface area contributed by atoms with Crippen LogP contribution < -0.4 is 10.6 Å². The average molecular weight is 323 g/mol. The molecule has 3 rings (SSSR count). The van der Waals surface area contributed by atoms with E-state index >= 15 is 0 Å². The second-order valence-corrected chi connectivity index (χ2v) is 6.54. The number of rotatable bonds is 5. The Labute approximate surface area is 139 Å². The highest BCUT2D eigenvalue weighted by Gasteiger charge is 2.33. The molecular weight excluding hydrogens is 296 g/mol. The van der Waals surface area contributed by atoms with E-state index in [9.17, 15) is 4.79 Å². The van der Waals surface area contributed by atoms with E-state index < -0.39 is 0 Å². The number of carbonyl (C=O) groups excluding carboxylic acids is 1. The van der Waals surface area contributed by atoms with Crippen molar-refractivity contribution >= 4 is 18.3 Å². The highest BCUT2D eigenvalue weighted by Crippen LogP contribution is 2.26. The van der Waals surface area contributed by atoms with Gasteiger partial charge in [-0.2, -0.15) is 0 Å². The van der Waals surface area contributed by atoms with Gasteiger partial charge in [0.05, 0.1) is 0 Å². The molecule has 2 aliphatic rings. The lowest BCUT2D eigenvalue weighted by molar-refractivity contribution is -0.122. The summed E-state index contributed by atoms with van der Waals surface area (Å²) in [6.07, 6.45) is 7.28. The van der Waals surface area contributed by atoms with Gasteiger partial charge in [-0.1, -0.05) is 31.2 Å². The van der Waals surface area contributed by atoms with Crippen molar-refractivity contribution in [1.82, 2.24) is 10.6 Å². The first-order valence-electron chi connectivity index (χ1n) is 8.36. The van der Waals surface area contributed by atoms with E-state index in [1.807, 2.05) is 0 Å². The minimum Gasteiger partial charge on any atom is -0.353 e. The van der Waals surface area contributed by atoms with Crippen LogP contribution in [0.2, 0.25) is 0 Å². The highest BCUT2D eigenvalue weighted by molar-refractivity contribution is 5.85. The molecule has 2 heterocycles. The van der Waals surface area contributed by atoms with Gasteiger partial charge < -0.3 is 10.6 Å². The third kappa shape index (κ3) is 4.47. The van der Waals surface area contributed by atoms with Crippen LogP contribution in [0.25, 0.3) is 0 Å². The molecule has 2 N–H and O–H groups in total. The second-order valence-electron chi connectivity index (χ2n) is 6.54. The number of fused-ring (bicyclic) bond motifs is 2. The molecule has 22 heavy (non-hydrogen) atoms. The second kappa shape index (κ2) is 7.98. The van der Waals surface area contributed by atoms with Gasteiger partial charge in [-0.3, -0.25) is 4.79 Å². The maximum atomic E-state index is 12.1. The summed E-state index contributed by atoms with van der Waals surface area (Å²) in [4.78, 5) is 12.1. The summed E-state index contributed by atoms with van der Waals surface area (Å²) in [5.41, 5.74) is 2.61. The molecule has 0 spiro atoms. The molecule has 0 radical (unpaired) electrons. The van der Waals surface area contributed by atoms with Crippen molar-refractivity contribution in [3.63, 3.8) is 0 Å². The van der Waals surface area contributed by atoms with Crippen LogP contribution in [0.3, 0.4) is 0 Å². The molecule has 0 aliphatic carbocycles. The first-order valence-corrected chi connectivity index (χ1v) is 8.36. The first kappa shape index (κ1) is 17.3. The summed E-state index contributed by atoms with van der Waals surface area (Å²) in [5, 5.41) is 6.84. The largest absolute Gasteiger partial charge is 0.353 e. The van der Waals surface area contributed by atoms with Crippen molar-refractivity contribution in [3.8, 4) is 0 Å². The predicted molar refractivity (Wildman–Crippen MR) is 92.5 cm³/mol. The number of hydrogen-bond acceptors (Lipinski definition) is 2. The number of carbonyl (C=O) groups is 1. The lowest BCUT2D eigenvalue weighted by Gasteiger charge is -2.29. The summed E-state index contributed by atoms with van der Waals surface area (Å²) in [6.45, 7) is 2.16. The van der Waals surface area contributed by atoms with Crippen LogP contribution in [0.15, 0.2) is 24.3 Å². The molecule has 2 fully saturated rings. The van der Waals surface area contributed by atoms with Gasteiger partial charge in [-0.25, -0.2) is 0 Å². The molecule has 0 saturated carbocycles. The summed E-state index contributed by atoms with van der Waals surface area (Å²) < 4.78 is 0. The summed E-state index contributed by atoms with van der Waals surface area (Å²) in [6, 6.07) is 10.3. The Morgan fingerprint density at radius 3 is 2.32 bits per heavy atom. The molecule has 1 amide bonds. The maximum absolute atomic E-state index is 12.1. The average Bonchev–Trinajstić information content (AvgIpc) is 2.84. The van der Waals surface area contributed by atoms with Crippen molar-refractivity contribution in [2.24, 2.45) is 0 Å².